The minimum absolute atomic E-state index is 0.194. The van der Waals surface area contributed by atoms with Crippen LogP contribution in [0, 0.1) is 5.92 Å². The van der Waals surface area contributed by atoms with Gasteiger partial charge in [-0.3, -0.25) is 9.59 Å². The maximum atomic E-state index is 12.7. The molecular weight excluding hydrogens is 290 g/mol. The number of hydrogen-bond acceptors (Lipinski definition) is 3. The van der Waals surface area contributed by atoms with Gasteiger partial charge < -0.3 is 15.1 Å². The van der Waals surface area contributed by atoms with Gasteiger partial charge in [-0.2, -0.15) is 0 Å². The average Bonchev–Trinajstić information content (AvgIpc) is 2.84. The maximum absolute atomic E-state index is 12.7. The van der Waals surface area contributed by atoms with Crippen LogP contribution >= 0.6 is 0 Å². The van der Waals surface area contributed by atoms with Crippen molar-refractivity contribution in [3.63, 3.8) is 0 Å². The number of hydrogen-bond donors (Lipinski definition) is 1. The van der Waals surface area contributed by atoms with Crippen molar-refractivity contribution < 1.29 is 9.59 Å². The molecule has 0 aromatic rings. The molecule has 3 fully saturated rings. The van der Waals surface area contributed by atoms with Crippen LogP contribution in [0.25, 0.3) is 0 Å². The Kier molecular flexibility index (Phi) is 5.92. The molecule has 0 radical (unpaired) electrons. The second-order valence-corrected chi connectivity index (χ2v) is 7.46. The van der Waals surface area contributed by atoms with Crippen molar-refractivity contribution in [1.82, 2.24) is 15.1 Å². The molecule has 2 saturated heterocycles. The summed E-state index contributed by atoms with van der Waals surface area (Å²) >= 11 is 0. The van der Waals surface area contributed by atoms with Crippen LogP contribution in [-0.2, 0) is 9.59 Å². The molecule has 2 aliphatic heterocycles. The Morgan fingerprint density at radius 3 is 2.57 bits per heavy atom. The summed E-state index contributed by atoms with van der Waals surface area (Å²) in [5.41, 5.74) is 0. The molecule has 2 heterocycles. The number of nitrogens with zero attached hydrogens (tertiary/aromatic N) is 2. The van der Waals surface area contributed by atoms with Crippen molar-refractivity contribution in [2.75, 3.05) is 32.7 Å². The highest BCUT2D eigenvalue weighted by Gasteiger charge is 2.32. The second kappa shape index (κ2) is 8.13. The highest BCUT2D eigenvalue weighted by Crippen LogP contribution is 2.27. The van der Waals surface area contributed by atoms with E-state index in [0.29, 0.717) is 18.4 Å². The van der Waals surface area contributed by atoms with Crippen LogP contribution in [0.15, 0.2) is 0 Å². The lowest BCUT2D eigenvalue weighted by Crippen LogP contribution is -2.57. The van der Waals surface area contributed by atoms with Gasteiger partial charge in [0, 0.05) is 38.6 Å². The largest absolute Gasteiger partial charge is 0.341 e. The van der Waals surface area contributed by atoms with Gasteiger partial charge in [0.1, 0.15) is 0 Å². The molecule has 3 rings (SSSR count). The van der Waals surface area contributed by atoms with Gasteiger partial charge in [-0.05, 0) is 31.6 Å². The van der Waals surface area contributed by atoms with Crippen molar-refractivity contribution in [3.8, 4) is 0 Å². The first-order valence-corrected chi connectivity index (χ1v) is 9.52. The molecule has 0 aromatic heterocycles. The first kappa shape index (κ1) is 16.7. The lowest BCUT2D eigenvalue weighted by atomic mass is 9.95. The topological polar surface area (TPSA) is 52.7 Å². The van der Waals surface area contributed by atoms with Crippen LogP contribution in [-0.4, -0.2) is 60.4 Å². The zero-order valence-corrected chi connectivity index (χ0v) is 14.3. The fourth-order valence-electron chi connectivity index (χ4n) is 4.39. The summed E-state index contributed by atoms with van der Waals surface area (Å²) in [6, 6.07) is 0.233. The van der Waals surface area contributed by atoms with E-state index in [0.717, 1.165) is 45.4 Å². The van der Waals surface area contributed by atoms with E-state index in [-0.39, 0.29) is 11.9 Å². The van der Waals surface area contributed by atoms with Crippen molar-refractivity contribution >= 4 is 11.8 Å². The van der Waals surface area contributed by atoms with Crippen molar-refractivity contribution in [2.45, 2.75) is 63.8 Å². The fraction of sp³-hybridized carbons (Fsp3) is 0.889. The normalized spacial score (nSPS) is 27.8. The van der Waals surface area contributed by atoms with E-state index in [1.165, 1.54) is 38.5 Å². The van der Waals surface area contributed by atoms with Gasteiger partial charge in [0.05, 0.1) is 6.54 Å². The Hall–Kier alpha value is -1.10. The Bertz CT molecular complexity index is 418. The van der Waals surface area contributed by atoms with Gasteiger partial charge in [0.15, 0.2) is 0 Å². The van der Waals surface area contributed by atoms with Gasteiger partial charge in [-0.25, -0.2) is 0 Å². The van der Waals surface area contributed by atoms with E-state index in [2.05, 4.69) is 5.32 Å². The molecule has 1 unspecified atom stereocenters. The van der Waals surface area contributed by atoms with Gasteiger partial charge in [0.2, 0.25) is 11.8 Å². The predicted octanol–water partition coefficient (Wildman–Crippen LogP) is 1.77. The van der Waals surface area contributed by atoms with E-state index >= 15 is 0 Å². The quantitative estimate of drug-likeness (QED) is 0.806. The number of piperidine rings is 1. The first-order valence-electron chi connectivity index (χ1n) is 9.52. The lowest BCUT2D eigenvalue weighted by molar-refractivity contribution is -0.141. The predicted molar refractivity (Wildman–Crippen MR) is 90.0 cm³/mol. The summed E-state index contributed by atoms with van der Waals surface area (Å²) in [4.78, 5) is 28.8. The molecule has 0 spiro atoms. The van der Waals surface area contributed by atoms with Crippen LogP contribution in [0.3, 0.4) is 0 Å². The summed E-state index contributed by atoms with van der Waals surface area (Å²) < 4.78 is 0. The van der Waals surface area contributed by atoms with Gasteiger partial charge in [-0.1, -0.05) is 25.7 Å². The number of amides is 2. The SMILES string of the molecule is O=C(CC1CCCCCC1)N1CCCC(N2CCNCC2=O)C1. The molecule has 0 aromatic carbocycles. The van der Waals surface area contributed by atoms with Gasteiger partial charge in [-0.15, -0.1) is 0 Å². The molecule has 1 atom stereocenters. The molecule has 2 amide bonds. The molecule has 130 valence electrons. The van der Waals surface area contributed by atoms with Crippen molar-refractivity contribution in [1.29, 1.82) is 0 Å². The highest BCUT2D eigenvalue weighted by molar-refractivity contribution is 5.80. The lowest BCUT2D eigenvalue weighted by Gasteiger charge is -2.41. The number of nitrogens with one attached hydrogen (secondary N) is 1. The van der Waals surface area contributed by atoms with Crippen LogP contribution in [0.5, 0.6) is 0 Å². The van der Waals surface area contributed by atoms with Crippen LogP contribution in [0.1, 0.15) is 57.8 Å². The van der Waals surface area contributed by atoms with E-state index in [9.17, 15) is 9.59 Å². The van der Waals surface area contributed by atoms with Crippen molar-refractivity contribution in [3.05, 3.63) is 0 Å². The monoisotopic (exact) mass is 321 g/mol. The molecule has 5 heteroatoms. The standard InChI is InChI=1S/C18H31N3O2/c22-17(12-15-6-3-1-2-4-7-15)20-10-5-8-16(14-20)21-11-9-19-13-18(21)23/h15-16,19H,1-14H2. The first-order chi connectivity index (χ1) is 11.2. The Morgan fingerprint density at radius 1 is 1.04 bits per heavy atom. The van der Waals surface area contributed by atoms with Gasteiger partial charge >= 0.3 is 0 Å². The number of rotatable bonds is 3. The number of likely N-dealkylation sites (tertiary alicyclic amines) is 1. The van der Waals surface area contributed by atoms with E-state index in [1.54, 1.807) is 0 Å². The summed E-state index contributed by atoms with van der Waals surface area (Å²) in [5.74, 6) is 1.11. The minimum atomic E-state index is 0.194. The zero-order chi connectivity index (χ0) is 16.1. The summed E-state index contributed by atoms with van der Waals surface area (Å²) in [7, 11) is 0. The molecule has 23 heavy (non-hydrogen) atoms. The number of carbonyl (C=O) groups excluding carboxylic acids is 2. The second-order valence-electron chi connectivity index (χ2n) is 7.46. The zero-order valence-electron chi connectivity index (χ0n) is 14.3. The van der Waals surface area contributed by atoms with Crippen LogP contribution < -0.4 is 5.32 Å². The number of piperazine rings is 1. The van der Waals surface area contributed by atoms with E-state index in [4.69, 9.17) is 0 Å². The van der Waals surface area contributed by atoms with Gasteiger partial charge in [0.25, 0.3) is 0 Å². The third-order valence-corrected chi connectivity index (χ3v) is 5.75. The molecule has 3 aliphatic rings. The summed E-state index contributed by atoms with van der Waals surface area (Å²) in [6.07, 6.45) is 10.5. The van der Waals surface area contributed by atoms with Crippen molar-refractivity contribution in [2.24, 2.45) is 5.92 Å². The molecular formula is C18H31N3O2. The molecule has 1 saturated carbocycles. The molecule has 1 N–H and O–H groups in total. The van der Waals surface area contributed by atoms with Crippen LogP contribution in [0.2, 0.25) is 0 Å². The average molecular weight is 321 g/mol. The Balaban J connectivity index is 1.52. The molecule has 1 aliphatic carbocycles. The summed E-state index contributed by atoms with van der Waals surface area (Å²) in [6.45, 7) is 3.73. The fourth-order valence-corrected chi connectivity index (χ4v) is 4.39. The maximum Gasteiger partial charge on any atom is 0.236 e. The number of carbonyl (C=O) groups is 2. The highest BCUT2D eigenvalue weighted by atomic mass is 16.2. The molecule has 5 nitrogen and oxygen atoms in total. The van der Waals surface area contributed by atoms with E-state index in [1.807, 2.05) is 9.80 Å². The minimum Gasteiger partial charge on any atom is -0.341 e. The Labute approximate surface area is 139 Å². The smallest absolute Gasteiger partial charge is 0.236 e. The Morgan fingerprint density at radius 2 is 1.83 bits per heavy atom. The van der Waals surface area contributed by atoms with E-state index < -0.39 is 0 Å². The summed E-state index contributed by atoms with van der Waals surface area (Å²) in [5, 5.41) is 3.13. The third kappa shape index (κ3) is 4.46. The third-order valence-electron chi connectivity index (χ3n) is 5.75. The molecule has 0 bridgehead atoms. The van der Waals surface area contributed by atoms with Crippen LogP contribution in [0.4, 0.5) is 0 Å².